The zero-order valence-corrected chi connectivity index (χ0v) is 16.7. The molecule has 26 heavy (non-hydrogen) atoms. The average Bonchev–Trinajstić information content (AvgIpc) is 3.07. The van der Waals surface area contributed by atoms with Crippen LogP contribution < -0.4 is 0 Å². The van der Waals surface area contributed by atoms with Crippen LogP contribution in [0.25, 0.3) is 0 Å². The topological polar surface area (TPSA) is 57.5 Å². The third-order valence-electron chi connectivity index (χ3n) is 6.10. The number of amides is 1. The van der Waals surface area contributed by atoms with Gasteiger partial charge in [0.15, 0.2) is 0 Å². The third kappa shape index (κ3) is 4.62. The first kappa shape index (κ1) is 19.3. The predicted octanol–water partition coefficient (Wildman–Crippen LogP) is 1.45. The Hall–Kier alpha value is -1.47. The molecule has 3 heterocycles. The zero-order chi connectivity index (χ0) is 18.6. The minimum Gasteiger partial charge on any atom is -0.342 e. The van der Waals surface area contributed by atoms with Crippen LogP contribution in [0.2, 0.25) is 0 Å². The van der Waals surface area contributed by atoms with Crippen molar-refractivity contribution in [3.05, 3.63) is 12.2 Å². The zero-order valence-electron chi connectivity index (χ0n) is 16.7. The van der Waals surface area contributed by atoms with Crippen LogP contribution in [0, 0.1) is 5.41 Å². The summed E-state index contributed by atoms with van der Waals surface area (Å²) in [6, 6.07) is 0. The molecule has 7 nitrogen and oxygen atoms in total. The number of piperidine rings is 2. The third-order valence-corrected chi connectivity index (χ3v) is 6.10. The minimum atomic E-state index is 0.334. The highest BCUT2D eigenvalue weighted by Crippen LogP contribution is 2.40. The van der Waals surface area contributed by atoms with Crippen molar-refractivity contribution in [2.75, 3.05) is 46.8 Å². The van der Waals surface area contributed by atoms with Crippen LogP contribution in [0.1, 0.15) is 44.9 Å². The summed E-state index contributed by atoms with van der Waals surface area (Å²) in [4.78, 5) is 19.1. The summed E-state index contributed by atoms with van der Waals surface area (Å²) < 4.78 is 2.12. The van der Waals surface area contributed by atoms with Gasteiger partial charge in [0.25, 0.3) is 0 Å². The van der Waals surface area contributed by atoms with Crippen molar-refractivity contribution in [2.45, 2.75) is 52.1 Å². The number of aromatic nitrogens is 3. The molecule has 2 saturated heterocycles. The maximum absolute atomic E-state index is 12.3. The molecule has 3 rings (SSSR count). The molecular weight excluding hydrogens is 328 g/mol. The van der Waals surface area contributed by atoms with Gasteiger partial charge in [-0.1, -0.05) is 0 Å². The second-order valence-corrected chi connectivity index (χ2v) is 8.28. The maximum atomic E-state index is 12.3. The van der Waals surface area contributed by atoms with Crippen LogP contribution in [-0.4, -0.2) is 82.2 Å². The number of hydrogen-bond donors (Lipinski definition) is 0. The lowest BCUT2D eigenvalue weighted by molar-refractivity contribution is -0.139. The Kier molecular flexibility index (Phi) is 6.29. The van der Waals surface area contributed by atoms with Gasteiger partial charge in [-0.15, -0.1) is 10.2 Å². The molecule has 146 valence electrons. The molecule has 1 aromatic rings. The van der Waals surface area contributed by atoms with Crippen LogP contribution in [-0.2, 0) is 17.9 Å². The van der Waals surface area contributed by atoms with Gasteiger partial charge in [0.2, 0.25) is 5.91 Å². The van der Waals surface area contributed by atoms with E-state index in [0.29, 0.717) is 11.3 Å². The van der Waals surface area contributed by atoms with Crippen molar-refractivity contribution in [1.29, 1.82) is 0 Å². The molecule has 1 amide bonds. The Balaban J connectivity index is 1.51. The fourth-order valence-electron chi connectivity index (χ4n) is 4.34. The molecule has 0 aromatic carbocycles. The molecule has 0 atom stereocenters. The van der Waals surface area contributed by atoms with E-state index in [-0.39, 0.29) is 0 Å². The number of hydrogen-bond acceptors (Lipinski definition) is 5. The molecule has 0 bridgehead atoms. The van der Waals surface area contributed by atoms with Crippen LogP contribution in [0.5, 0.6) is 0 Å². The lowest BCUT2D eigenvalue weighted by Gasteiger charge is -2.47. The van der Waals surface area contributed by atoms with Crippen LogP contribution in [0.4, 0.5) is 0 Å². The highest BCUT2D eigenvalue weighted by Gasteiger charge is 2.40. The van der Waals surface area contributed by atoms with E-state index < -0.39 is 0 Å². The summed E-state index contributed by atoms with van der Waals surface area (Å²) in [7, 11) is 4.18. The van der Waals surface area contributed by atoms with E-state index in [1.165, 1.54) is 12.8 Å². The molecule has 1 aromatic heterocycles. The fourth-order valence-corrected chi connectivity index (χ4v) is 4.34. The van der Waals surface area contributed by atoms with Crippen molar-refractivity contribution in [3.8, 4) is 0 Å². The monoisotopic (exact) mass is 362 g/mol. The summed E-state index contributed by atoms with van der Waals surface area (Å²) in [5.74, 6) is 1.42. The Labute approximate surface area is 157 Å². The SMILES string of the molecule is CCn1cnnc1CN1CCC2(CCC(=O)N(CCCN(C)C)C2)CC1. The van der Waals surface area contributed by atoms with Crippen LogP contribution in [0.15, 0.2) is 6.33 Å². The van der Waals surface area contributed by atoms with E-state index >= 15 is 0 Å². The lowest BCUT2D eigenvalue weighted by Crippen LogP contribution is -2.51. The van der Waals surface area contributed by atoms with E-state index in [9.17, 15) is 4.79 Å². The maximum Gasteiger partial charge on any atom is 0.222 e. The number of likely N-dealkylation sites (tertiary alicyclic amines) is 2. The minimum absolute atomic E-state index is 0.334. The first-order valence-electron chi connectivity index (χ1n) is 10.0. The molecule has 1 spiro atoms. The Morgan fingerprint density at radius 1 is 1.23 bits per heavy atom. The number of carbonyl (C=O) groups is 1. The molecule has 2 aliphatic rings. The average molecular weight is 363 g/mol. The quantitative estimate of drug-likeness (QED) is 0.735. The Morgan fingerprint density at radius 2 is 2.00 bits per heavy atom. The molecule has 0 N–H and O–H groups in total. The molecule has 2 fully saturated rings. The normalized spacial score (nSPS) is 21.1. The first-order chi connectivity index (χ1) is 12.5. The standard InChI is InChI=1S/C19H34N6O/c1-4-24-16-20-21-17(24)14-23-12-8-19(9-13-23)7-6-18(26)25(15-19)11-5-10-22(2)3/h16H,4-15H2,1-3H3. The number of rotatable bonds is 7. The Morgan fingerprint density at radius 3 is 2.69 bits per heavy atom. The Bertz CT molecular complexity index is 591. The number of carbonyl (C=O) groups excluding carboxylic acids is 1. The van der Waals surface area contributed by atoms with Gasteiger partial charge in [-0.3, -0.25) is 9.69 Å². The summed E-state index contributed by atoms with van der Waals surface area (Å²) in [6.45, 7) is 9.02. The van der Waals surface area contributed by atoms with Gasteiger partial charge in [-0.25, -0.2) is 0 Å². The van der Waals surface area contributed by atoms with E-state index in [4.69, 9.17) is 0 Å². The highest BCUT2D eigenvalue weighted by molar-refractivity contribution is 5.77. The summed E-state index contributed by atoms with van der Waals surface area (Å²) >= 11 is 0. The second kappa shape index (κ2) is 8.48. The highest BCUT2D eigenvalue weighted by atomic mass is 16.2. The molecule has 0 aliphatic carbocycles. The molecule has 0 saturated carbocycles. The van der Waals surface area contributed by atoms with Gasteiger partial charge < -0.3 is 14.4 Å². The van der Waals surface area contributed by atoms with Crippen molar-refractivity contribution >= 4 is 5.91 Å². The summed E-state index contributed by atoms with van der Waals surface area (Å²) in [5.41, 5.74) is 0.334. The van der Waals surface area contributed by atoms with E-state index in [1.807, 2.05) is 6.33 Å². The molecule has 2 aliphatic heterocycles. The van der Waals surface area contributed by atoms with Gasteiger partial charge in [0, 0.05) is 26.1 Å². The largest absolute Gasteiger partial charge is 0.342 e. The summed E-state index contributed by atoms with van der Waals surface area (Å²) in [6.07, 6.45) is 7.04. The molecule has 7 heteroatoms. The van der Waals surface area contributed by atoms with E-state index in [2.05, 4.69) is 50.5 Å². The second-order valence-electron chi connectivity index (χ2n) is 8.28. The number of nitrogens with zero attached hydrogens (tertiary/aromatic N) is 6. The molecule has 0 unspecified atom stereocenters. The first-order valence-corrected chi connectivity index (χ1v) is 10.0. The number of aryl methyl sites for hydroxylation is 1. The van der Waals surface area contributed by atoms with Gasteiger partial charge in [-0.2, -0.15) is 0 Å². The lowest BCUT2D eigenvalue weighted by atomic mass is 9.72. The van der Waals surface area contributed by atoms with Gasteiger partial charge in [-0.05, 0) is 71.8 Å². The van der Waals surface area contributed by atoms with Gasteiger partial charge in [0.05, 0.1) is 6.54 Å². The van der Waals surface area contributed by atoms with Crippen LogP contribution in [0.3, 0.4) is 0 Å². The summed E-state index contributed by atoms with van der Waals surface area (Å²) in [5, 5.41) is 8.31. The van der Waals surface area contributed by atoms with E-state index in [0.717, 1.165) is 70.9 Å². The van der Waals surface area contributed by atoms with E-state index in [1.54, 1.807) is 0 Å². The molecule has 0 radical (unpaired) electrons. The van der Waals surface area contributed by atoms with Crippen LogP contribution >= 0.6 is 0 Å². The smallest absolute Gasteiger partial charge is 0.222 e. The van der Waals surface area contributed by atoms with Crippen molar-refractivity contribution in [1.82, 2.24) is 29.5 Å². The van der Waals surface area contributed by atoms with Gasteiger partial charge >= 0.3 is 0 Å². The van der Waals surface area contributed by atoms with Crippen molar-refractivity contribution in [3.63, 3.8) is 0 Å². The predicted molar refractivity (Wildman–Crippen MR) is 102 cm³/mol. The van der Waals surface area contributed by atoms with Crippen molar-refractivity contribution in [2.24, 2.45) is 5.41 Å². The molecular formula is C19H34N6O. The van der Waals surface area contributed by atoms with Crippen molar-refractivity contribution < 1.29 is 4.79 Å². The fraction of sp³-hybridized carbons (Fsp3) is 0.842. The van der Waals surface area contributed by atoms with Gasteiger partial charge in [0.1, 0.15) is 12.2 Å².